The Morgan fingerprint density at radius 3 is 2.32 bits per heavy atom. The van der Waals surface area contributed by atoms with Crippen LogP contribution in [0.4, 0.5) is 4.79 Å². The van der Waals surface area contributed by atoms with Crippen molar-refractivity contribution >= 4 is 38.0 Å². The van der Waals surface area contributed by atoms with E-state index in [1.54, 1.807) is 6.20 Å². The van der Waals surface area contributed by atoms with E-state index in [0.717, 1.165) is 5.56 Å². The Bertz CT molecular complexity index is 448. The summed E-state index contributed by atoms with van der Waals surface area (Å²) < 4.78 is 6.06. The van der Waals surface area contributed by atoms with Gasteiger partial charge in [-0.2, -0.15) is 0 Å². The molecule has 0 aromatic heterocycles. The van der Waals surface area contributed by atoms with Crippen LogP contribution in [0.25, 0.3) is 0 Å². The van der Waals surface area contributed by atoms with Crippen LogP contribution in [0.5, 0.6) is 0 Å². The maximum atomic E-state index is 12.1. The van der Waals surface area contributed by atoms with Crippen LogP contribution in [0.2, 0.25) is 0 Å². The van der Waals surface area contributed by atoms with Crippen molar-refractivity contribution in [1.82, 2.24) is 4.90 Å². The molecule has 0 saturated heterocycles. The summed E-state index contributed by atoms with van der Waals surface area (Å²) >= 11 is 6.53. The second-order valence-corrected chi connectivity index (χ2v) is 7.79. The first kappa shape index (κ1) is 16.2. The van der Waals surface area contributed by atoms with E-state index in [9.17, 15) is 4.79 Å². The smallest absolute Gasteiger partial charge is 0.414 e. The molecule has 1 aromatic rings. The fourth-order valence-corrected chi connectivity index (χ4v) is 1.88. The number of carbonyl (C=O) groups is 1. The van der Waals surface area contributed by atoms with Gasteiger partial charge in [0.15, 0.2) is 0 Å². The highest BCUT2D eigenvalue weighted by atomic mass is 79.9. The highest BCUT2D eigenvalue weighted by molar-refractivity contribution is 9.28. The zero-order chi connectivity index (χ0) is 14.5. The van der Waals surface area contributed by atoms with Gasteiger partial charge in [0.1, 0.15) is 5.60 Å². The number of halogens is 2. The number of carbonyl (C=O) groups excluding carboxylic acids is 1. The third-order valence-corrected chi connectivity index (χ3v) is 2.49. The summed E-state index contributed by atoms with van der Waals surface area (Å²) in [4.78, 5) is 13.6. The summed E-state index contributed by atoms with van der Waals surface area (Å²) in [6, 6.07) is 9.75. The van der Waals surface area contributed by atoms with Crippen molar-refractivity contribution in [2.24, 2.45) is 0 Å². The zero-order valence-corrected chi connectivity index (χ0v) is 14.4. The van der Waals surface area contributed by atoms with Gasteiger partial charge in [0.2, 0.25) is 0 Å². The van der Waals surface area contributed by atoms with Crippen molar-refractivity contribution in [2.75, 3.05) is 0 Å². The molecular formula is C14H17Br2NO2. The molecule has 0 atom stereocenters. The zero-order valence-electron chi connectivity index (χ0n) is 11.2. The lowest BCUT2D eigenvalue weighted by molar-refractivity contribution is 0.0323. The molecule has 0 fully saturated rings. The fourth-order valence-electron chi connectivity index (χ4n) is 1.38. The van der Waals surface area contributed by atoms with Gasteiger partial charge in [-0.3, -0.25) is 4.90 Å². The second kappa shape index (κ2) is 7.10. The Balaban J connectivity index is 2.84. The van der Waals surface area contributed by atoms with Gasteiger partial charge < -0.3 is 4.74 Å². The molecule has 0 aliphatic heterocycles. The molecule has 5 heteroatoms. The lowest BCUT2D eigenvalue weighted by Crippen LogP contribution is -2.33. The standard InChI is InChI=1S/C14H17Br2NO2/c1-14(2,3)19-13(18)17(10-12(15)16)9-11-7-5-4-6-8-11/h4-8,10H,9H2,1-3H3. The third-order valence-electron chi connectivity index (χ3n) is 2.08. The number of benzene rings is 1. The summed E-state index contributed by atoms with van der Waals surface area (Å²) in [6.07, 6.45) is 1.27. The number of nitrogens with zero attached hydrogens (tertiary/aromatic N) is 1. The predicted molar refractivity (Wildman–Crippen MR) is 84.2 cm³/mol. The number of hydrogen-bond acceptors (Lipinski definition) is 2. The number of ether oxygens (including phenoxy) is 1. The largest absolute Gasteiger partial charge is 0.443 e. The molecular weight excluding hydrogens is 374 g/mol. The molecule has 0 aliphatic carbocycles. The quantitative estimate of drug-likeness (QED) is 0.725. The Labute approximate surface area is 130 Å². The monoisotopic (exact) mass is 389 g/mol. The summed E-state index contributed by atoms with van der Waals surface area (Å²) in [5.74, 6) is 0. The van der Waals surface area contributed by atoms with Gasteiger partial charge in [-0.15, -0.1) is 0 Å². The molecule has 0 aliphatic rings. The van der Waals surface area contributed by atoms with Crippen LogP contribution in [0.15, 0.2) is 39.9 Å². The van der Waals surface area contributed by atoms with E-state index in [0.29, 0.717) is 9.94 Å². The first-order valence-electron chi connectivity index (χ1n) is 5.84. The van der Waals surface area contributed by atoms with Crippen LogP contribution in [-0.2, 0) is 11.3 Å². The van der Waals surface area contributed by atoms with Crippen LogP contribution in [-0.4, -0.2) is 16.6 Å². The van der Waals surface area contributed by atoms with Crippen LogP contribution in [0, 0.1) is 0 Å². The second-order valence-electron chi connectivity index (χ2n) is 5.01. The van der Waals surface area contributed by atoms with Gasteiger partial charge in [-0.25, -0.2) is 4.79 Å². The van der Waals surface area contributed by atoms with Gasteiger partial charge in [-0.05, 0) is 58.2 Å². The van der Waals surface area contributed by atoms with E-state index < -0.39 is 5.60 Å². The van der Waals surface area contributed by atoms with Crippen LogP contribution < -0.4 is 0 Å². The lowest BCUT2D eigenvalue weighted by Gasteiger charge is -2.25. The van der Waals surface area contributed by atoms with E-state index in [-0.39, 0.29) is 6.09 Å². The number of rotatable bonds is 3. The minimum Gasteiger partial charge on any atom is -0.443 e. The average Bonchev–Trinajstić information content (AvgIpc) is 2.26. The first-order valence-corrected chi connectivity index (χ1v) is 7.43. The summed E-state index contributed by atoms with van der Waals surface area (Å²) in [5.41, 5.74) is 0.518. The van der Waals surface area contributed by atoms with Crippen molar-refractivity contribution in [1.29, 1.82) is 0 Å². The molecule has 3 nitrogen and oxygen atoms in total. The molecule has 0 unspecified atom stereocenters. The van der Waals surface area contributed by atoms with E-state index >= 15 is 0 Å². The lowest BCUT2D eigenvalue weighted by atomic mass is 10.2. The van der Waals surface area contributed by atoms with Crippen molar-refractivity contribution in [3.8, 4) is 0 Å². The van der Waals surface area contributed by atoms with E-state index in [2.05, 4.69) is 31.9 Å². The van der Waals surface area contributed by atoms with Crippen LogP contribution in [0.1, 0.15) is 26.3 Å². The van der Waals surface area contributed by atoms with Crippen molar-refractivity contribution in [2.45, 2.75) is 32.9 Å². The van der Waals surface area contributed by atoms with Crippen molar-refractivity contribution < 1.29 is 9.53 Å². The molecule has 0 bridgehead atoms. The SMILES string of the molecule is CC(C)(C)OC(=O)N(C=C(Br)Br)Cc1ccccc1. The van der Waals surface area contributed by atoms with Gasteiger partial charge in [0.05, 0.1) is 9.94 Å². The molecule has 0 radical (unpaired) electrons. The first-order chi connectivity index (χ1) is 8.78. The minimum atomic E-state index is -0.515. The van der Waals surface area contributed by atoms with Crippen LogP contribution >= 0.6 is 31.9 Å². The Morgan fingerprint density at radius 2 is 1.84 bits per heavy atom. The summed E-state index contributed by atoms with van der Waals surface area (Å²) in [5, 5.41) is 0. The maximum Gasteiger partial charge on any atom is 0.414 e. The Morgan fingerprint density at radius 1 is 1.26 bits per heavy atom. The minimum absolute atomic E-state index is 0.382. The molecule has 19 heavy (non-hydrogen) atoms. The highest BCUT2D eigenvalue weighted by Gasteiger charge is 2.21. The molecule has 0 spiro atoms. The van der Waals surface area contributed by atoms with E-state index in [1.165, 1.54) is 4.90 Å². The number of amides is 1. The van der Waals surface area contributed by atoms with Gasteiger partial charge in [-0.1, -0.05) is 30.3 Å². The topological polar surface area (TPSA) is 29.5 Å². The average molecular weight is 391 g/mol. The molecule has 0 saturated carbocycles. The third kappa shape index (κ3) is 6.78. The van der Waals surface area contributed by atoms with Gasteiger partial charge >= 0.3 is 6.09 Å². The maximum absolute atomic E-state index is 12.1. The molecule has 1 rings (SSSR count). The summed E-state index contributed by atoms with van der Waals surface area (Å²) in [6.45, 7) is 5.99. The summed E-state index contributed by atoms with van der Waals surface area (Å²) in [7, 11) is 0. The normalized spacial score (nSPS) is 10.8. The number of hydrogen-bond donors (Lipinski definition) is 0. The van der Waals surface area contributed by atoms with E-state index in [1.807, 2.05) is 51.1 Å². The Hall–Kier alpha value is -0.810. The van der Waals surface area contributed by atoms with E-state index in [4.69, 9.17) is 4.74 Å². The predicted octanol–water partition coefficient (Wildman–Crippen LogP) is 5.01. The highest BCUT2D eigenvalue weighted by Crippen LogP contribution is 2.18. The fraction of sp³-hybridized carbons (Fsp3) is 0.357. The molecule has 0 heterocycles. The van der Waals surface area contributed by atoms with Crippen molar-refractivity contribution in [3.05, 3.63) is 45.5 Å². The van der Waals surface area contributed by atoms with Crippen molar-refractivity contribution in [3.63, 3.8) is 0 Å². The molecule has 1 aromatic carbocycles. The van der Waals surface area contributed by atoms with Gasteiger partial charge in [0, 0.05) is 6.20 Å². The molecule has 1 amide bonds. The van der Waals surface area contributed by atoms with Gasteiger partial charge in [0.25, 0.3) is 0 Å². The van der Waals surface area contributed by atoms with Crippen LogP contribution in [0.3, 0.4) is 0 Å². The Kier molecular flexibility index (Phi) is 6.07. The molecule has 104 valence electrons. The molecule has 0 N–H and O–H groups in total.